The molecule has 0 spiro atoms. The van der Waals surface area contributed by atoms with E-state index in [-0.39, 0.29) is 0 Å². The van der Waals surface area contributed by atoms with Crippen LogP contribution in [0.2, 0.25) is 0 Å². The Morgan fingerprint density at radius 3 is 2.35 bits per heavy atom. The summed E-state index contributed by atoms with van der Waals surface area (Å²) in [6, 6.07) is 8.03. The standard InChI is InChI=1S/C20H32FN3O2/c1-22-10-12-24(13-11-22)15-19(25)16-26-20-4-2-17(3-5-20)14-23-8-6-18(21)7-9-23/h2-5,18-19,25H,6-16H2,1H3. The number of likely N-dealkylation sites (N-methyl/N-ethyl adjacent to an activating group) is 1. The molecule has 26 heavy (non-hydrogen) atoms. The van der Waals surface area contributed by atoms with Crippen molar-refractivity contribution in [2.75, 3.05) is 59.5 Å². The molecule has 0 aromatic heterocycles. The molecule has 3 rings (SSSR count). The second-order valence-electron chi connectivity index (χ2n) is 7.66. The van der Waals surface area contributed by atoms with Crippen LogP contribution in [0, 0.1) is 0 Å². The predicted molar refractivity (Wildman–Crippen MR) is 101 cm³/mol. The molecule has 146 valence electrons. The Kier molecular flexibility index (Phi) is 7.25. The van der Waals surface area contributed by atoms with Gasteiger partial charge in [0, 0.05) is 52.4 Å². The lowest BCUT2D eigenvalue weighted by Gasteiger charge is -2.33. The molecule has 0 saturated carbocycles. The van der Waals surface area contributed by atoms with Crippen LogP contribution < -0.4 is 4.74 Å². The van der Waals surface area contributed by atoms with E-state index < -0.39 is 12.3 Å². The smallest absolute Gasteiger partial charge is 0.119 e. The number of rotatable bonds is 7. The van der Waals surface area contributed by atoms with Crippen molar-refractivity contribution in [1.82, 2.24) is 14.7 Å². The number of piperazine rings is 1. The van der Waals surface area contributed by atoms with Gasteiger partial charge >= 0.3 is 0 Å². The Morgan fingerprint density at radius 1 is 1.04 bits per heavy atom. The topological polar surface area (TPSA) is 39.2 Å². The van der Waals surface area contributed by atoms with E-state index in [0.717, 1.165) is 51.6 Å². The Balaban J connectivity index is 1.37. The lowest BCUT2D eigenvalue weighted by atomic mass is 10.1. The lowest BCUT2D eigenvalue weighted by Crippen LogP contribution is -2.47. The molecule has 2 aliphatic heterocycles. The monoisotopic (exact) mass is 365 g/mol. The molecule has 1 atom stereocenters. The molecule has 0 bridgehead atoms. The normalized spacial score (nSPS) is 22.4. The number of hydrogen-bond acceptors (Lipinski definition) is 5. The zero-order valence-electron chi connectivity index (χ0n) is 15.8. The third-order valence-electron chi connectivity index (χ3n) is 5.35. The van der Waals surface area contributed by atoms with Crippen molar-refractivity contribution < 1.29 is 14.2 Å². The summed E-state index contributed by atoms with van der Waals surface area (Å²) in [4.78, 5) is 6.89. The number of β-amino-alcohol motifs (C(OH)–C–C–N with tert-alkyl or cyclic N) is 1. The van der Waals surface area contributed by atoms with Gasteiger partial charge in [-0.25, -0.2) is 4.39 Å². The molecular weight excluding hydrogens is 333 g/mol. The minimum absolute atomic E-state index is 0.315. The van der Waals surface area contributed by atoms with Gasteiger partial charge < -0.3 is 14.7 Å². The lowest BCUT2D eigenvalue weighted by molar-refractivity contribution is 0.0504. The summed E-state index contributed by atoms with van der Waals surface area (Å²) in [5, 5.41) is 10.2. The van der Waals surface area contributed by atoms with Crippen LogP contribution in [0.4, 0.5) is 4.39 Å². The summed E-state index contributed by atoms with van der Waals surface area (Å²) in [7, 11) is 2.13. The van der Waals surface area contributed by atoms with Gasteiger partial charge in [0.1, 0.15) is 24.6 Å². The number of hydrogen-bond donors (Lipinski definition) is 1. The third kappa shape index (κ3) is 6.20. The molecule has 2 aliphatic rings. The van der Waals surface area contributed by atoms with Crippen LogP contribution in [0.15, 0.2) is 24.3 Å². The van der Waals surface area contributed by atoms with Gasteiger partial charge in [-0.05, 0) is 37.6 Å². The van der Waals surface area contributed by atoms with Crippen molar-refractivity contribution in [2.45, 2.75) is 31.7 Å². The average molecular weight is 365 g/mol. The minimum atomic E-state index is -0.626. The van der Waals surface area contributed by atoms with Gasteiger partial charge in [-0.15, -0.1) is 0 Å². The molecule has 0 aliphatic carbocycles. The highest BCUT2D eigenvalue weighted by Gasteiger charge is 2.19. The van der Waals surface area contributed by atoms with E-state index in [0.29, 0.717) is 26.0 Å². The van der Waals surface area contributed by atoms with E-state index in [1.807, 2.05) is 12.1 Å². The van der Waals surface area contributed by atoms with E-state index in [9.17, 15) is 9.50 Å². The number of aliphatic hydroxyl groups is 1. The van der Waals surface area contributed by atoms with Crippen LogP contribution in [-0.2, 0) is 6.54 Å². The second-order valence-corrected chi connectivity index (χ2v) is 7.66. The van der Waals surface area contributed by atoms with Crippen LogP contribution in [0.25, 0.3) is 0 Å². The first-order valence-electron chi connectivity index (χ1n) is 9.75. The first kappa shape index (κ1) is 19.5. The molecule has 2 saturated heterocycles. The van der Waals surface area contributed by atoms with Gasteiger partial charge in [0.15, 0.2) is 0 Å². The number of aliphatic hydroxyl groups excluding tert-OH is 1. The van der Waals surface area contributed by atoms with E-state index in [1.165, 1.54) is 5.56 Å². The highest BCUT2D eigenvalue weighted by atomic mass is 19.1. The fourth-order valence-corrected chi connectivity index (χ4v) is 3.58. The number of likely N-dealkylation sites (tertiary alicyclic amines) is 1. The van der Waals surface area contributed by atoms with Crippen LogP contribution in [0.1, 0.15) is 18.4 Å². The summed E-state index contributed by atoms with van der Waals surface area (Å²) in [6.07, 6.45) is 0.193. The number of benzene rings is 1. The highest BCUT2D eigenvalue weighted by Crippen LogP contribution is 2.18. The average Bonchev–Trinajstić information content (AvgIpc) is 2.65. The first-order valence-corrected chi connectivity index (χ1v) is 9.75. The van der Waals surface area contributed by atoms with Gasteiger partial charge in [-0.1, -0.05) is 12.1 Å². The van der Waals surface area contributed by atoms with Crippen molar-refractivity contribution in [3.8, 4) is 5.75 Å². The molecule has 2 fully saturated rings. The van der Waals surface area contributed by atoms with E-state index >= 15 is 0 Å². The third-order valence-corrected chi connectivity index (χ3v) is 5.35. The van der Waals surface area contributed by atoms with Gasteiger partial charge in [0.2, 0.25) is 0 Å². The molecule has 0 radical (unpaired) electrons. The van der Waals surface area contributed by atoms with E-state index in [4.69, 9.17) is 4.74 Å². The Bertz CT molecular complexity index is 526. The Labute approximate surface area is 156 Å². The Hall–Kier alpha value is -1.21. The van der Waals surface area contributed by atoms with Crippen LogP contribution in [-0.4, -0.2) is 91.5 Å². The zero-order chi connectivity index (χ0) is 18.4. The van der Waals surface area contributed by atoms with Crippen LogP contribution in [0.5, 0.6) is 5.75 Å². The van der Waals surface area contributed by atoms with E-state index in [2.05, 4.69) is 33.9 Å². The summed E-state index contributed by atoms with van der Waals surface area (Å²) >= 11 is 0. The number of ether oxygens (including phenoxy) is 1. The molecule has 1 aromatic carbocycles. The number of piperidine rings is 1. The summed E-state index contributed by atoms with van der Waals surface area (Å²) < 4.78 is 18.9. The number of alkyl halides is 1. The molecule has 5 nitrogen and oxygen atoms in total. The van der Waals surface area contributed by atoms with Crippen molar-refractivity contribution in [1.29, 1.82) is 0 Å². The van der Waals surface area contributed by atoms with Gasteiger partial charge in [-0.2, -0.15) is 0 Å². The zero-order valence-corrected chi connectivity index (χ0v) is 15.8. The van der Waals surface area contributed by atoms with Crippen molar-refractivity contribution >= 4 is 0 Å². The van der Waals surface area contributed by atoms with Crippen LogP contribution in [0.3, 0.4) is 0 Å². The molecule has 1 unspecified atom stereocenters. The Morgan fingerprint density at radius 2 is 1.69 bits per heavy atom. The van der Waals surface area contributed by atoms with Gasteiger partial charge in [-0.3, -0.25) is 9.80 Å². The first-order chi connectivity index (χ1) is 12.6. The molecular formula is C20H32FN3O2. The molecule has 6 heteroatoms. The van der Waals surface area contributed by atoms with Gasteiger partial charge in [0.05, 0.1) is 0 Å². The maximum absolute atomic E-state index is 13.2. The van der Waals surface area contributed by atoms with Crippen LogP contribution >= 0.6 is 0 Å². The molecule has 0 amide bonds. The minimum Gasteiger partial charge on any atom is -0.491 e. The summed E-state index contributed by atoms with van der Waals surface area (Å²) in [6.45, 7) is 7.61. The van der Waals surface area contributed by atoms with Crippen molar-refractivity contribution in [2.24, 2.45) is 0 Å². The second kappa shape index (κ2) is 9.65. The molecule has 1 N–H and O–H groups in total. The maximum Gasteiger partial charge on any atom is 0.119 e. The quantitative estimate of drug-likeness (QED) is 0.795. The SMILES string of the molecule is CN1CCN(CC(O)COc2ccc(CN3CCC(F)CC3)cc2)CC1. The summed E-state index contributed by atoms with van der Waals surface area (Å²) in [5.41, 5.74) is 1.22. The van der Waals surface area contributed by atoms with E-state index in [1.54, 1.807) is 0 Å². The molecule has 1 aromatic rings. The fraction of sp³-hybridized carbons (Fsp3) is 0.700. The summed E-state index contributed by atoms with van der Waals surface area (Å²) in [5.74, 6) is 0.786. The van der Waals surface area contributed by atoms with Crippen molar-refractivity contribution in [3.63, 3.8) is 0 Å². The number of nitrogens with zero attached hydrogens (tertiary/aromatic N) is 3. The predicted octanol–water partition coefficient (Wildman–Crippen LogP) is 1.61. The largest absolute Gasteiger partial charge is 0.491 e. The fourth-order valence-electron chi connectivity index (χ4n) is 3.58. The maximum atomic E-state index is 13.2. The highest BCUT2D eigenvalue weighted by molar-refractivity contribution is 5.27. The molecule has 2 heterocycles. The number of halogens is 1. The van der Waals surface area contributed by atoms with Crippen molar-refractivity contribution in [3.05, 3.63) is 29.8 Å². The van der Waals surface area contributed by atoms with Gasteiger partial charge in [0.25, 0.3) is 0 Å².